The van der Waals surface area contributed by atoms with E-state index in [1.54, 1.807) is 0 Å². The van der Waals surface area contributed by atoms with Gasteiger partial charge in [0.15, 0.2) is 0 Å². The lowest BCUT2D eigenvalue weighted by molar-refractivity contribution is 0.119. The Kier molecular flexibility index (Phi) is 8.58. The molecule has 0 aromatic heterocycles. The summed E-state index contributed by atoms with van der Waals surface area (Å²) in [5.74, 6) is 5.12. The van der Waals surface area contributed by atoms with Gasteiger partial charge in [0.05, 0.1) is 12.1 Å². The van der Waals surface area contributed by atoms with Crippen molar-refractivity contribution in [1.82, 2.24) is 4.90 Å². The van der Waals surface area contributed by atoms with Crippen molar-refractivity contribution in [2.24, 2.45) is 0 Å². The molecule has 0 spiro atoms. The Bertz CT molecular complexity index is 298. The van der Waals surface area contributed by atoms with Crippen LogP contribution in [0.1, 0.15) is 52.4 Å². The Hall–Kier alpha value is -1.61. The topological polar surface area (TPSA) is 40.5 Å². The number of carboxylic acid groups (broad SMARTS) is 1. The predicted molar refractivity (Wildman–Crippen MR) is 74.2 cm³/mol. The molecule has 0 saturated heterocycles. The molecule has 1 amide bonds. The third-order valence-corrected chi connectivity index (χ3v) is 2.94. The maximum absolute atomic E-state index is 11.4. The van der Waals surface area contributed by atoms with E-state index in [1.165, 1.54) is 4.90 Å². The molecule has 0 bridgehead atoms. The van der Waals surface area contributed by atoms with Crippen molar-refractivity contribution in [2.45, 2.75) is 64.5 Å². The van der Waals surface area contributed by atoms with Crippen LogP contribution in [-0.4, -0.2) is 28.2 Å². The van der Waals surface area contributed by atoms with E-state index in [0.717, 1.165) is 25.7 Å². The van der Waals surface area contributed by atoms with Crippen LogP contribution in [0.5, 0.6) is 0 Å². The summed E-state index contributed by atoms with van der Waals surface area (Å²) in [6.45, 7) is 4.10. The first-order valence-electron chi connectivity index (χ1n) is 6.55. The third kappa shape index (κ3) is 5.15. The number of terminal acetylenes is 2. The van der Waals surface area contributed by atoms with E-state index < -0.39 is 18.2 Å². The molecular weight excluding hydrogens is 226 g/mol. The maximum Gasteiger partial charge on any atom is 0.409 e. The summed E-state index contributed by atoms with van der Waals surface area (Å²) in [5.41, 5.74) is 0. The van der Waals surface area contributed by atoms with Crippen LogP contribution in [0, 0.1) is 24.7 Å². The van der Waals surface area contributed by atoms with Crippen molar-refractivity contribution in [3.63, 3.8) is 0 Å². The molecule has 0 rings (SSSR count). The van der Waals surface area contributed by atoms with Crippen molar-refractivity contribution < 1.29 is 9.90 Å². The summed E-state index contributed by atoms with van der Waals surface area (Å²) in [4.78, 5) is 12.6. The lowest BCUT2D eigenvalue weighted by Gasteiger charge is -2.30. The molecule has 0 aliphatic heterocycles. The molecule has 1 N–H and O–H groups in total. The molecule has 0 fully saturated rings. The lowest BCUT2D eigenvalue weighted by Crippen LogP contribution is -2.45. The Balaban J connectivity index is 4.85. The Morgan fingerprint density at radius 1 is 1.11 bits per heavy atom. The molecule has 100 valence electrons. The van der Waals surface area contributed by atoms with Crippen molar-refractivity contribution in [3.05, 3.63) is 0 Å². The minimum absolute atomic E-state index is 0.416. The largest absolute Gasteiger partial charge is 0.465 e. The van der Waals surface area contributed by atoms with E-state index in [1.807, 2.05) is 0 Å². The monoisotopic (exact) mass is 249 g/mol. The molecule has 3 heteroatoms. The van der Waals surface area contributed by atoms with E-state index in [-0.39, 0.29) is 0 Å². The fourth-order valence-electron chi connectivity index (χ4n) is 1.88. The first-order chi connectivity index (χ1) is 8.62. The van der Waals surface area contributed by atoms with Gasteiger partial charge in [-0.3, -0.25) is 4.90 Å². The second-order valence-electron chi connectivity index (χ2n) is 4.34. The number of hydrogen-bond donors (Lipinski definition) is 1. The summed E-state index contributed by atoms with van der Waals surface area (Å²) in [6.07, 6.45) is 15.0. The third-order valence-electron chi connectivity index (χ3n) is 2.94. The van der Waals surface area contributed by atoms with Crippen LogP contribution in [-0.2, 0) is 0 Å². The molecular formula is C15H23NO2. The summed E-state index contributed by atoms with van der Waals surface area (Å²) >= 11 is 0. The minimum Gasteiger partial charge on any atom is -0.465 e. The Labute approximate surface area is 111 Å². The quantitative estimate of drug-likeness (QED) is 0.670. The fourth-order valence-corrected chi connectivity index (χ4v) is 1.88. The maximum atomic E-state index is 11.4. The van der Waals surface area contributed by atoms with E-state index in [2.05, 4.69) is 25.7 Å². The standard InChI is InChI=1S/C15H23NO2/c1-5-9-11-13(7-3)16(15(17)18)14(8-4)12-10-6-2/h3-4,13-14H,5-6,9-12H2,1-2H3,(H,17,18). The normalized spacial score (nSPS) is 13.1. The van der Waals surface area contributed by atoms with Gasteiger partial charge in [0, 0.05) is 0 Å². The minimum atomic E-state index is -1.02. The van der Waals surface area contributed by atoms with Gasteiger partial charge < -0.3 is 5.11 Å². The van der Waals surface area contributed by atoms with Crippen molar-refractivity contribution in [2.75, 3.05) is 0 Å². The van der Waals surface area contributed by atoms with Gasteiger partial charge in [-0.1, -0.05) is 51.4 Å². The summed E-state index contributed by atoms with van der Waals surface area (Å²) in [5, 5.41) is 9.31. The molecule has 2 unspecified atom stereocenters. The van der Waals surface area contributed by atoms with E-state index in [0.29, 0.717) is 12.8 Å². The first kappa shape index (κ1) is 16.4. The van der Waals surface area contributed by atoms with Gasteiger partial charge in [0.1, 0.15) is 0 Å². The van der Waals surface area contributed by atoms with Crippen LogP contribution in [0.25, 0.3) is 0 Å². The van der Waals surface area contributed by atoms with Gasteiger partial charge >= 0.3 is 6.09 Å². The predicted octanol–water partition coefficient (Wildman–Crippen LogP) is 3.35. The molecule has 18 heavy (non-hydrogen) atoms. The van der Waals surface area contributed by atoms with Gasteiger partial charge in [-0.25, -0.2) is 4.79 Å². The molecule has 0 saturated carbocycles. The first-order valence-corrected chi connectivity index (χ1v) is 6.55. The molecule has 0 aromatic rings. The van der Waals surface area contributed by atoms with Crippen molar-refractivity contribution in [1.29, 1.82) is 0 Å². The molecule has 0 aromatic carbocycles. The highest BCUT2D eigenvalue weighted by atomic mass is 16.4. The van der Waals surface area contributed by atoms with Crippen LogP contribution < -0.4 is 0 Å². The van der Waals surface area contributed by atoms with Crippen LogP contribution in [0.4, 0.5) is 4.79 Å². The second-order valence-corrected chi connectivity index (χ2v) is 4.34. The van der Waals surface area contributed by atoms with Crippen LogP contribution in [0.15, 0.2) is 0 Å². The fraction of sp³-hybridized carbons (Fsp3) is 0.667. The molecule has 0 aliphatic rings. The molecule has 0 radical (unpaired) electrons. The highest BCUT2D eigenvalue weighted by molar-refractivity contribution is 5.67. The van der Waals surface area contributed by atoms with E-state index in [9.17, 15) is 9.90 Å². The highest BCUT2D eigenvalue weighted by Gasteiger charge is 2.27. The average Bonchev–Trinajstić information content (AvgIpc) is 2.37. The van der Waals surface area contributed by atoms with Crippen molar-refractivity contribution in [3.8, 4) is 24.7 Å². The SMILES string of the molecule is C#CC(CCCC)N(C(=O)O)C(C#C)CCCC. The van der Waals surface area contributed by atoms with Gasteiger partial charge in [0.25, 0.3) is 0 Å². The molecule has 0 aliphatic carbocycles. The molecule has 2 atom stereocenters. The van der Waals surface area contributed by atoms with Crippen LogP contribution >= 0.6 is 0 Å². The number of hydrogen-bond acceptors (Lipinski definition) is 1. The van der Waals surface area contributed by atoms with Gasteiger partial charge in [-0.15, -0.1) is 12.8 Å². The van der Waals surface area contributed by atoms with E-state index in [4.69, 9.17) is 12.8 Å². The summed E-state index contributed by atoms with van der Waals surface area (Å²) in [6, 6.07) is -0.833. The Morgan fingerprint density at radius 2 is 1.50 bits per heavy atom. The number of nitrogens with zero attached hydrogens (tertiary/aromatic N) is 1. The average molecular weight is 249 g/mol. The van der Waals surface area contributed by atoms with Crippen LogP contribution in [0.2, 0.25) is 0 Å². The highest BCUT2D eigenvalue weighted by Crippen LogP contribution is 2.16. The number of rotatable bonds is 8. The van der Waals surface area contributed by atoms with Crippen LogP contribution in [0.3, 0.4) is 0 Å². The zero-order chi connectivity index (χ0) is 14.0. The van der Waals surface area contributed by atoms with Gasteiger partial charge in [-0.2, -0.15) is 0 Å². The van der Waals surface area contributed by atoms with Gasteiger partial charge in [0.2, 0.25) is 0 Å². The lowest BCUT2D eigenvalue weighted by atomic mass is 10.0. The smallest absolute Gasteiger partial charge is 0.409 e. The van der Waals surface area contributed by atoms with Gasteiger partial charge in [-0.05, 0) is 12.8 Å². The number of carbonyl (C=O) groups is 1. The summed E-state index contributed by atoms with van der Waals surface area (Å²) in [7, 11) is 0. The summed E-state index contributed by atoms with van der Waals surface area (Å²) < 4.78 is 0. The second kappa shape index (κ2) is 9.42. The zero-order valence-electron chi connectivity index (χ0n) is 11.4. The zero-order valence-corrected chi connectivity index (χ0v) is 11.4. The molecule has 3 nitrogen and oxygen atoms in total. The Morgan fingerprint density at radius 3 is 1.72 bits per heavy atom. The van der Waals surface area contributed by atoms with E-state index >= 15 is 0 Å². The van der Waals surface area contributed by atoms with Crippen molar-refractivity contribution >= 4 is 6.09 Å². The molecule has 0 heterocycles. The number of amides is 1. The number of unbranched alkanes of at least 4 members (excludes halogenated alkanes) is 2.